The maximum atomic E-state index is 12.7. The third-order valence-corrected chi connectivity index (χ3v) is 4.92. The van der Waals surface area contributed by atoms with E-state index in [0.717, 1.165) is 28.6 Å². The summed E-state index contributed by atoms with van der Waals surface area (Å²) < 4.78 is 40.1. The molecule has 0 spiro atoms. The molecule has 4 rings (SSSR count). The molecule has 0 bridgehead atoms. The van der Waals surface area contributed by atoms with Crippen molar-refractivity contribution in [3.63, 3.8) is 0 Å². The number of alkyl halides is 3. The summed E-state index contributed by atoms with van der Waals surface area (Å²) in [5, 5.41) is 5.37. The van der Waals surface area contributed by atoms with E-state index in [0.29, 0.717) is 17.9 Å². The zero-order chi connectivity index (χ0) is 19.7. The summed E-state index contributed by atoms with van der Waals surface area (Å²) in [4.78, 5) is 16.3. The molecular weight excluding hydrogens is 387 g/mol. The van der Waals surface area contributed by atoms with Crippen molar-refractivity contribution >= 4 is 33.8 Å². The highest BCUT2D eigenvalue weighted by molar-refractivity contribution is 7.07. The molecule has 0 saturated carbocycles. The Balaban J connectivity index is 1.63. The van der Waals surface area contributed by atoms with Crippen LogP contribution in [0.5, 0.6) is 0 Å². The van der Waals surface area contributed by atoms with Crippen LogP contribution in [-0.4, -0.2) is 15.5 Å². The van der Waals surface area contributed by atoms with Crippen molar-refractivity contribution in [3.8, 4) is 0 Å². The molecule has 0 saturated heterocycles. The van der Waals surface area contributed by atoms with Crippen LogP contribution in [0.25, 0.3) is 10.9 Å². The van der Waals surface area contributed by atoms with Gasteiger partial charge in [0.15, 0.2) is 0 Å². The first-order chi connectivity index (χ1) is 13.4. The predicted octanol–water partition coefficient (Wildman–Crippen LogP) is 5.42. The fraction of sp³-hybridized carbons (Fsp3) is 0.100. The van der Waals surface area contributed by atoms with Crippen LogP contribution in [-0.2, 0) is 12.7 Å². The minimum Gasteiger partial charge on any atom is -0.341 e. The first-order valence-corrected chi connectivity index (χ1v) is 9.29. The van der Waals surface area contributed by atoms with Gasteiger partial charge in [0.05, 0.1) is 22.3 Å². The standard InChI is InChI=1S/C20H14F3N3OS/c21-20(22,23)14-7-5-13(6-8-14)9-26-10-16(15-3-1-2-4-18(15)26)25-19(27)17-11-28-12-24-17/h1-8,10-12H,9H2,(H,25,27). The lowest BCUT2D eigenvalue weighted by Crippen LogP contribution is -2.11. The van der Waals surface area contributed by atoms with Crippen LogP contribution in [0, 0.1) is 0 Å². The number of thiazole rings is 1. The summed E-state index contributed by atoms with van der Waals surface area (Å²) in [5.74, 6) is -0.307. The number of benzene rings is 2. The number of amides is 1. The first-order valence-electron chi connectivity index (χ1n) is 8.35. The fourth-order valence-corrected chi connectivity index (χ4v) is 3.52. The van der Waals surface area contributed by atoms with Crippen molar-refractivity contribution in [2.75, 3.05) is 5.32 Å². The zero-order valence-corrected chi connectivity index (χ0v) is 15.2. The topological polar surface area (TPSA) is 46.9 Å². The molecule has 0 unspecified atom stereocenters. The molecule has 28 heavy (non-hydrogen) atoms. The lowest BCUT2D eigenvalue weighted by Gasteiger charge is -2.09. The highest BCUT2D eigenvalue weighted by Crippen LogP contribution is 2.30. The van der Waals surface area contributed by atoms with Crippen LogP contribution >= 0.6 is 11.3 Å². The van der Waals surface area contributed by atoms with Gasteiger partial charge in [0.2, 0.25) is 0 Å². The number of carbonyl (C=O) groups is 1. The number of hydrogen-bond acceptors (Lipinski definition) is 3. The quantitative estimate of drug-likeness (QED) is 0.497. The van der Waals surface area contributed by atoms with Crippen LogP contribution in [0.4, 0.5) is 18.9 Å². The molecule has 0 fully saturated rings. The van der Waals surface area contributed by atoms with Crippen molar-refractivity contribution in [2.24, 2.45) is 0 Å². The van der Waals surface area contributed by atoms with E-state index in [4.69, 9.17) is 0 Å². The predicted molar refractivity (Wildman–Crippen MR) is 103 cm³/mol. The van der Waals surface area contributed by atoms with Gasteiger partial charge in [-0.3, -0.25) is 4.79 Å². The fourth-order valence-electron chi connectivity index (χ4n) is 2.98. The van der Waals surface area contributed by atoms with Gasteiger partial charge < -0.3 is 9.88 Å². The van der Waals surface area contributed by atoms with Gasteiger partial charge in [-0.1, -0.05) is 30.3 Å². The minimum absolute atomic E-state index is 0.307. The van der Waals surface area contributed by atoms with Crippen LogP contribution in [0.3, 0.4) is 0 Å². The SMILES string of the molecule is O=C(Nc1cn(Cc2ccc(C(F)(F)F)cc2)c2ccccc12)c1cscn1. The van der Waals surface area contributed by atoms with Gasteiger partial charge in [-0.25, -0.2) is 4.98 Å². The number of carbonyl (C=O) groups excluding carboxylic acids is 1. The molecule has 1 amide bonds. The van der Waals surface area contributed by atoms with Crippen molar-refractivity contribution in [1.29, 1.82) is 0 Å². The number of rotatable bonds is 4. The number of fused-ring (bicyclic) bond motifs is 1. The van der Waals surface area contributed by atoms with Crippen molar-refractivity contribution in [3.05, 3.63) is 82.4 Å². The first kappa shape index (κ1) is 18.2. The number of hydrogen-bond donors (Lipinski definition) is 1. The molecule has 142 valence electrons. The number of aromatic nitrogens is 2. The summed E-state index contributed by atoms with van der Waals surface area (Å²) >= 11 is 1.33. The number of nitrogens with zero attached hydrogens (tertiary/aromatic N) is 2. The van der Waals surface area contributed by atoms with Crippen LogP contribution in [0.2, 0.25) is 0 Å². The van der Waals surface area contributed by atoms with E-state index in [9.17, 15) is 18.0 Å². The second-order valence-electron chi connectivity index (χ2n) is 6.21. The van der Waals surface area contributed by atoms with E-state index in [-0.39, 0.29) is 5.91 Å². The van der Waals surface area contributed by atoms with Gasteiger partial charge in [0.1, 0.15) is 5.69 Å². The highest BCUT2D eigenvalue weighted by atomic mass is 32.1. The average Bonchev–Trinajstić information content (AvgIpc) is 3.31. The van der Waals surface area contributed by atoms with E-state index in [1.807, 2.05) is 28.8 Å². The lowest BCUT2D eigenvalue weighted by molar-refractivity contribution is -0.137. The van der Waals surface area contributed by atoms with Gasteiger partial charge in [0, 0.05) is 23.5 Å². The summed E-state index contributed by atoms with van der Waals surface area (Å²) in [7, 11) is 0. The van der Waals surface area contributed by atoms with Crippen LogP contribution in [0.15, 0.2) is 65.6 Å². The van der Waals surface area contributed by atoms with E-state index in [1.54, 1.807) is 17.1 Å². The molecule has 0 aliphatic carbocycles. The van der Waals surface area contributed by atoms with Gasteiger partial charge >= 0.3 is 6.18 Å². The molecule has 2 aromatic heterocycles. The number of para-hydroxylation sites is 1. The molecule has 2 aromatic carbocycles. The third-order valence-electron chi connectivity index (χ3n) is 4.34. The number of halogens is 3. The van der Waals surface area contributed by atoms with Gasteiger partial charge in [0.25, 0.3) is 5.91 Å². The average molecular weight is 401 g/mol. The Morgan fingerprint density at radius 1 is 1.11 bits per heavy atom. The lowest BCUT2D eigenvalue weighted by atomic mass is 10.1. The second-order valence-corrected chi connectivity index (χ2v) is 6.93. The molecular formula is C20H14F3N3OS. The Kier molecular flexibility index (Phi) is 4.64. The Morgan fingerprint density at radius 2 is 1.86 bits per heavy atom. The Hall–Kier alpha value is -3.13. The molecule has 4 nitrogen and oxygen atoms in total. The van der Waals surface area contributed by atoms with E-state index in [1.165, 1.54) is 23.5 Å². The Bertz CT molecular complexity index is 1120. The van der Waals surface area contributed by atoms with Gasteiger partial charge in [-0.05, 0) is 23.8 Å². The molecule has 0 aliphatic heterocycles. The molecule has 4 aromatic rings. The summed E-state index contributed by atoms with van der Waals surface area (Å²) in [5.41, 5.74) is 3.47. The molecule has 0 aliphatic rings. The largest absolute Gasteiger partial charge is 0.416 e. The summed E-state index contributed by atoms with van der Waals surface area (Å²) in [6.07, 6.45) is -2.57. The van der Waals surface area contributed by atoms with Crippen molar-refractivity contribution in [2.45, 2.75) is 12.7 Å². The zero-order valence-electron chi connectivity index (χ0n) is 14.4. The second kappa shape index (κ2) is 7.12. The van der Waals surface area contributed by atoms with E-state index >= 15 is 0 Å². The Morgan fingerprint density at radius 3 is 2.54 bits per heavy atom. The summed E-state index contributed by atoms with van der Waals surface area (Å²) in [6.45, 7) is 0.380. The molecule has 8 heteroatoms. The monoisotopic (exact) mass is 401 g/mol. The molecule has 1 N–H and O–H groups in total. The number of nitrogens with one attached hydrogen (secondary N) is 1. The van der Waals surface area contributed by atoms with Crippen LogP contribution < -0.4 is 5.32 Å². The number of anilines is 1. The minimum atomic E-state index is -4.36. The van der Waals surface area contributed by atoms with E-state index in [2.05, 4.69) is 10.3 Å². The van der Waals surface area contributed by atoms with Crippen LogP contribution in [0.1, 0.15) is 21.6 Å². The Labute approximate surface area is 162 Å². The van der Waals surface area contributed by atoms with Gasteiger partial charge in [-0.15, -0.1) is 11.3 Å². The maximum Gasteiger partial charge on any atom is 0.416 e. The smallest absolute Gasteiger partial charge is 0.341 e. The maximum absolute atomic E-state index is 12.7. The van der Waals surface area contributed by atoms with E-state index < -0.39 is 11.7 Å². The summed E-state index contributed by atoms with van der Waals surface area (Å²) in [6, 6.07) is 12.6. The molecule has 0 atom stereocenters. The van der Waals surface area contributed by atoms with Crippen molar-refractivity contribution in [1.82, 2.24) is 9.55 Å². The normalized spacial score (nSPS) is 11.7. The van der Waals surface area contributed by atoms with Gasteiger partial charge in [-0.2, -0.15) is 13.2 Å². The molecule has 2 heterocycles. The highest BCUT2D eigenvalue weighted by Gasteiger charge is 2.29. The van der Waals surface area contributed by atoms with Crippen molar-refractivity contribution < 1.29 is 18.0 Å². The molecule has 0 radical (unpaired) electrons. The third kappa shape index (κ3) is 3.63.